The molecule has 1 saturated carbocycles. The highest BCUT2D eigenvalue weighted by Gasteiger charge is 2.97. The fourth-order valence-electron chi connectivity index (χ4n) is 4.28. The van der Waals surface area contributed by atoms with Gasteiger partial charge in [0.2, 0.25) is 0 Å². The number of amidine groups is 1. The van der Waals surface area contributed by atoms with Crippen molar-refractivity contribution >= 4 is 5.84 Å². The first-order valence-electron chi connectivity index (χ1n) is 8.77. The Balaban J connectivity index is 2.12. The summed E-state index contributed by atoms with van der Waals surface area (Å²) < 4.78 is 17.2. The first-order chi connectivity index (χ1) is 12.5. The first-order valence-corrected chi connectivity index (χ1v) is 8.77. The van der Waals surface area contributed by atoms with Gasteiger partial charge in [0, 0.05) is 5.92 Å². The van der Waals surface area contributed by atoms with Crippen molar-refractivity contribution in [1.29, 1.82) is 10.5 Å². The zero-order chi connectivity index (χ0) is 19.0. The van der Waals surface area contributed by atoms with E-state index in [1.807, 2.05) is 45.0 Å². The Morgan fingerprint density at radius 2 is 1.65 bits per heavy atom. The van der Waals surface area contributed by atoms with E-state index in [2.05, 4.69) is 17.1 Å². The largest absolute Gasteiger partial charge is 0.494 e. The van der Waals surface area contributed by atoms with E-state index in [1.165, 1.54) is 0 Å². The van der Waals surface area contributed by atoms with Gasteiger partial charge in [-0.15, -0.1) is 0 Å². The summed E-state index contributed by atoms with van der Waals surface area (Å²) in [6, 6.07) is 12.0. The molecule has 3 atom stereocenters. The van der Waals surface area contributed by atoms with E-state index in [9.17, 15) is 10.5 Å². The lowest BCUT2D eigenvalue weighted by molar-refractivity contribution is -0.693. The SMILES string of the molecule is CCOc1ccc([C@@H]2[C@]3(C#N)C(N)=[NH+]C(OCC)(OCC)[C@]23C#N)cc1. The highest BCUT2D eigenvalue weighted by molar-refractivity contribution is 5.95. The Labute approximate surface area is 153 Å². The zero-order valence-electron chi connectivity index (χ0n) is 15.2. The maximum atomic E-state index is 10.1. The molecular formula is C19H23N4O3+. The second kappa shape index (κ2) is 6.28. The fraction of sp³-hybridized carbons (Fsp3) is 0.526. The van der Waals surface area contributed by atoms with Crippen LogP contribution in [0.1, 0.15) is 32.3 Å². The molecule has 26 heavy (non-hydrogen) atoms. The molecule has 0 aromatic heterocycles. The standard InChI is InChI=1S/C19H22N4O3/c1-4-24-14-9-7-13(8-10-14)15-17(11-20)16(22)23-19(25-5-2,26-6-3)18(15,17)12-21/h7-10,15H,4-6H2,1-3H3,(H2,22,23)/p+1/t15-,17-,18-/m1/s1. The summed E-state index contributed by atoms with van der Waals surface area (Å²) in [5, 5.41) is 20.1. The summed E-state index contributed by atoms with van der Waals surface area (Å²) in [6.45, 7) is 6.71. The van der Waals surface area contributed by atoms with Gasteiger partial charge in [0.25, 0.3) is 5.84 Å². The molecule has 1 aromatic carbocycles. The van der Waals surface area contributed by atoms with Crippen molar-refractivity contribution in [3.8, 4) is 17.9 Å². The molecule has 1 aliphatic carbocycles. The molecule has 1 aromatic rings. The van der Waals surface area contributed by atoms with Crippen LogP contribution in [0.15, 0.2) is 24.3 Å². The predicted molar refractivity (Wildman–Crippen MR) is 92.6 cm³/mol. The quantitative estimate of drug-likeness (QED) is 0.683. The van der Waals surface area contributed by atoms with Gasteiger partial charge < -0.3 is 14.2 Å². The lowest BCUT2D eigenvalue weighted by atomic mass is 9.93. The predicted octanol–water partition coefficient (Wildman–Crippen LogP) is 0.381. The minimum absolute atomic E-state index is 0.210. The molecule has 7 heteroatoms. The molecule has 2 aliphatic rings. The number of nitrogens with two attached hydrogens (primary N) is 1. The normalized spacial score (nSPS) is 30.7. The van der Waals surface area contributed by atoms with E-state index in [1.54, 1.807) is 0 Å². The smallest absolute Gasteiger partial charge is 0.343 e. The van der Waals surface area contributed by atoms with Crippen molar-refractivity contribution in [2.45, 2.75) is 32.6 Å². The molecule has 0 spiro atoms. The lowest BCUT2D eigenvalue weighted by Gasteiger charge is -2.29. The number of hydrogen-bond acceptors (Lipinski definition) is 6. The number of nitrogens with zero attached hydrogens (tertiary/aromatic N) is 2. The summed E-state index contributed by atoms with van der Waals surface area (Å²) >= 11 is 0. The highest BCUT2D eigenvalue weighted by atomic mass is 16.7. The Kier molecular flexibility index (Phi) is 4.39. The van der Waals surface area contributed by atoms with Crippen LogP contribution in [0.2, 0.25) is 0 Å². The number of fused-ring (bicyclic) bond motifs is 1. The molecule has 3 N–H and O–H groups in total. The van der Waals surface area contributed by atoms with Crippen LogP contribution >= 0.6 is 0 Å². The first kappa shape index (κ1) is 18.2. The minimum atomic E-state index is -1.45. The van der Waals surface area contributed by atoms with Crippen molar-refractivity contribution < 1.29 is 19.2 Å². The number of hydrogen-bond donors (Lipinski definition) is 2. The Hall–Kier alpha value is -2.61. The van der Waals surface area contributed by atoms with E-state index >= 15 is 0 Å². The van der Waals surface area contributed by atoms with Crippen LogP contribution in [0.4, 0.5) is 0 Å². The van der Waals surface area contributed by atoms with Crippen molar-refractivity contribution in [3.63, 3.8) is 0 Å². The summed E-state index contributed by atoms with van der Waals surface area (Å²) in [5.41, 5.74) is 4.56. The van der Waals surface area contributed by atoms with E-state index in [0.29, 0.717) is 19.8 Å². The number of rotatable bonds is 7. The van der Waals surface area contributed by atoms with Crippen molar-refractivity contribution in [2.24, 2.45) is 16.6 Å². The fourth-order valence-corrected chi connectivity index (χ4v) is 4.28. The van der Waals surface area contributed by atoms with Gasteiger partial charge in [-0.1, -0.05) is 12.1 Å². The average molecular weight is 355 g/mol. The molecule has 1 heterocycles. The van der Waals surface area contributed by atoms with Crippen LogP contribution in [-0.2, 0) is 9.47 Å². The second-order valence-corrected chi connectivity index (χ2v) is 6.30. The number of nitrogens with one attached hydrogen (secondary N) is 1. The summed E-state index contributed by atoms with van der Waals surface area (Å²) in [7, 11) is 0. The molecule has 136 valence electrons. The molecule has 3 rings (SSSR count). The van der Waals surface area contributed by atoms with Crippen molar-refractivity contribution in [2.75, 3.05) is 19.8 Å². The van der Waals surface area contributed by atoms with Crippen LogP contribution < -0.4 is 15.5 Å². The van der Waals surface area contributed by atoms with E-state index < -0.39 is 22.7 Å². The van der Waals surface area contributed by atoms with Crippen LogP contribution in [0, 0.1) is 33.5 Å². The van der Waals surface area contributed by atoms with Gasteiger partial charge in [0.05, 0.1) is 32.0 Å². The monoisotopic (exact) mass is 355 g/mol. The van der Waals surface area contributed by atoms with Crippen LogP contribution in [0.25, 0.3) is 0 Å². The molecule has 7 nitrogen and oxygen atoms in total. The van der Waals surface area contributed by atoms with E-state index in [0.717, 1.165) is 11.3 Å². The lowest BCUT2D eigenvalue weighted by Crippen LogP contribution is -2.91. The van der Waals surface area contributed by atoms with Gasteiger partial charge in [-0.3, -0.25) is 5.73 Å². The van der Waals surface area contributed by atoms with Crippen molar-refractivity contribution in [1.82, 2.24) is 0 Å². The number of nitriles is 2. The maximum Gasteiger partial charge on any atom is 0.343 e. The molecule has 1 aliphatic heterocycles. The number of benzene rings is 1. The van der Waals surface area contributed by atoms with Gasteiger partial charge in [-0.25, -0.2) is 4.99 Å². The van der Waals surface area contributed by atoms with Gasteiger partial charge in [-0.2, -0.15) is 10.5 Å². The zero-order valence-corrected chi connectivity index (χ0v) is 15.2. The molecule has 0 saturated heterocycles. The maximum absolute atomic E-state index is 10.1. The van der Waals surface area contributed by atoms with E-state index in [-0.39, 0.29) is 5.84 Å². The summed E-state index contributed by atoms with van der Waals surface area (Å²) in [6.07, 6.45) is 0. The second-order valence-electron chi connectivity index (χ2n) is 6.30. The Morgan fingerprint density at radius 3 is 2.12 bits per heavy atom. The Bertz CT molecular complexity index is 802. The van der Waals surface area contributed by atoms with Crippen LogP contribution in [0.3, 0.4) is 0 Å². The molecule has 0 unspecified atom stereocenters. The topological polar surface area (TPSA) is 115 Å². The van der Waals surface area contributed by atoms with Crippen LogP contribution in [-0.4, -0.2) is 31.6 Å². The summed E-state index contributed by atoms with van der Waals surface area (Å²) in [5.74, 6) is -0.966. The molecule has 1 fully saturated rings. The third kappa shape index (κ3) is 1.96. The van der Waals surface area contributed by atoms with Gasteiger partial charge in [0.1, 0.15) is 5.75 Å². The van der Waals surface area contributed by atoms with E-state index in [4.69, 9.17) is 19.9 Å². The van der Waals surface area contributed by atoms with Gasteiger partial charge in [-0.05, 0) is 38.5 Å². The average Bonchev–Trinajstić information content (AvgIpc) is 3.22. The van der Waals surface area contributed by atoms with Crippen molar-refractivity contribution in [3.05, 3.63) is 29.8 Å². The molecule has 0 bridgehead atoms. The Morgan fingerprint density at radius 1 is 1.04 bits per heavy atom. The molecular weight excluding hydrogens is 332 g/mol. The molecule has 0 amide bonds. The van der Waals surface area contributed by atoms with Gasteiger partial charge >= 0.3 is 5.91 Å². The molecule has 0 radical (unpaired) electrons. The minimum Gasteiger partial charge on any atom is -0.494 e. The summed E-state index contributed by atoms with van der Waals surface area (Å²) in [4.78, 5) is 2.96. The van der Waals surface area contributed by atoms with Gasteiger partial charge in [0.15, 0.2) is 10.8 Å². The highest BCUT2D eigenvalue weighted by Crippen LogP contribution is 2.78. The third-order valence-electron chi connectivity index (χ3n) is 5.22. The van der Waals surface area contributed by atoms with Crippen LogP contribution in [0.5, 0.6) is 5.75 Å². The number of ether oxygens (including phenoxy) is 3. The third-order valence-corrected chi connectivity index (χ3v) is 5.22.